The number of aliphatic hydroxyl groups is 1. The molecule has 0 aromatic carbocycles. The molecule has 2 saturated heterocycles. The van der Waals surface area contributed by atoms with Crippen molar-refractivity contribution in [1.29, 1.82) is 0 Å². The van der Waals surface area contributed by atoms with E-state index in [1.54, 1.807) is 0 Å². The third kappa shape index (κ3) is 3.69. The normalized spacial score (nSPS) is 29.9. The lowest BCUT2D eigenvalue weighted by atomic mass is 10.1. The molecule has 2 aliphatic rings. The Labute approximate surface area is 121 Å². The van der Waals surface area contributed by atoms with E-state index in [0.717, 1.165) is 39.1 Å². The Balaban J connectivity index is 1.98. The van der Waals surface area contributed by atoms with Crippen LogP contribution in [0.25, 0.3) is 0 Å². The molecule has 0 aromatic rings. The van der Waals surface area contributed by atoms with Gasteiger partial charge in [0.15, 0.2) is 0 Å². The van der Waals surface area contributed by atoms with E-state index >= 15 is 0 Å². The quantitative estimate of drug-likeness (QED) is 0.679. The summed E-state index contributed by atoms with van der Waals surface area (Å²) in [7, 11) is 4.07. The Kier molecular flexibility index (Phi) is 5.37. The van der Waals surface area contributed by atoms with Gasteiger partial charge in [0.1, 0.15) is 0 Å². The van der Waals surface area contributed by atoms with Crippen LogP contribution in [0.1, 0.15) is 13.3 Å². The Morgan fingerprint density at radius 2 is 2.05 bits per heavy atom. The zero-order chi connectivity index (χ0) is 14.7. The standard InChI is InChI=1S/C14H28N4O2/c1-11(14(20)17-6-4-15-5-7-17)18-10-13(19)8-12(18)9-16(2)3/h11-13,15,19H,4-10H2,1-3H3. The maximum atomic E-state index is 12.6. The van der Waals surface area contributed by atoms with Crippen molar-refractivity contribution in [3.05, 3.63) is 0 Å². The van der Waals surface area contributed by atoms with E-state index in [1.165, 1.54) is 0 Å². The Bertz CT molecular complexity index is 331. The average molecular weight is 284 g/mol. The SMILES string of the molecule is CC(C(=O)N1CCNCC1)N1CC(O)CC1CN(C)C. The van der Waals surface area contributed by atoms with Crippen molar-refractivity contribution in [3.63, 3.8) is 0 Å². The van der Waals surface area contributed by atoms with Crippen LogP contribution in [0.15, 0.2) is 0 Å². The minimum atomic E-state index is -0.307. The fraction of sp³-hybridized carbons (Fsp3) is 0.929. The van der Waals surface area contributed by atoms with E-state index in [0.29, 0.717) is 6.54 Å². The molecule has 2 rings (SSSR count). The van der Waals surface area contributed by atoms with Crippen LogP contribution in [0, 0.1) is 0 Å². The number of nitrogens with one attached hydrogen (secondary N) is 1. The van der Waals surface area contributed by atoms with Gasteiger partial charge in [0.25, 0.3) is 0 Å². The number of rotatable bonds is 4. The van der Waals surface area contributed by atoms with Gasteiger partial charge in [-0.3, -0.25) is 9.69 Å². The van der Waals surface area contributed by atoms with E-state index < -0.39 is 0 Å². The third-order valence-corrected chi connectivity index (χ3v) is 4.29. The van der Waals surface area contributed by atoms with Crippen molar-refractivity contribution in [2.45, 2.75) is 31.5 Å². The number of carbonyl (C=O) groups excluding carboxylic acids is 1. The second kappa shape index (κ2) is 6.85. The molecular weight excluding hydrogens is 256 g/mol. The summed E-state index contributed by atoms with van der Waals surface area (Å²) in [6, 6.07) is 0.122. The van der Waals surface area contributed by atoms with E-state index in [4.69, 9.17) is 0 Å². The molecule has 1 amide bonds. The minimum Gasteiger partial charge on any atom is -0.392 e. The summed E-state index contributed by atoms with van der Waals surface area (Å²) < 4.78 is 0. The van der Waals surface area contributed by atoms with Crippen LogP contribution in [-0.2, 0) is 4.79 Å². The second-order valence-electron chi connectivity index (χ2n) is 6.25. The van der Waals surface area contributed by atoms with Crippen molar-refractivity contribution in [2.24, 2.45) is 0 Å². The lowest BCUT2D eigenvalue weighted by molar-refractivity contribution is -0.137. The number of amides is 1. The summed E-state index contributed by atoms with van der Waals surface area (Å²) in [5.41, 5.74) is 0. The van der Waals surface area contributed by atoms with E-state index in [1.807, 2.05) is 25.9 Å². The molecule has 0 aromatic heterocycles. The number of likely N-dealkylation sites (tertiary alicyclic amines) is 1. The Morgan fingerprint density at radius 1 is 1.40 bits per heavy atom. The predicted molar refractivity (Wildman–Crippen MR) is 78.6 cm³/mol. The van der Waals surface area contributed by atoms with Gasteiger partial charge in [0, 0.05) is 45.3 Å². The van der Waals surface area contributed by atoms with Crippen LogP contribution in [0.2, 0.25) is 0 Å². The molecule has 2 fully saturated rings. The number of hydrogen-bond donors (Lipinski definition) is 2. The highest BCUT2D eigenvalue weighted by atomic mass is 16.3. The van der Waals surface area contributed by atoms with Crippen molar-refractivity contribution >= 4 is 5.91 Å². The Morgan fingerprint density at radius 3 is 2.65 bits per heavy atom. The molecular formula is C14H28N4O2. The topological polar surface area (TPSA) is 59.1 Å². The van der Waals surface area contributed by atoms with Crippen molar-refractivity contribution in [1.82, 2.24) is 20.0 Å². The zero-order valence-corrected chi connectivity index (χ0v) is 12.9. The number of β-amino-alcohol motifs (C(OH)–C–C–N with tert-alkyl or cyclic N) is 1. The maximum Gasteiger partial charge on any atom is 0.239 e. The summed E-state index contributed by atoms with van der Waals surface area (Å²) in [4.78, 5) is 18.8. The first kappa shape index (κ1) is 15.7. The number of carbonyl (C=O) groups is 1. The fourth-order valence-electron chi connectivity index (χ4n) is 3.28. The summed E-state index contributed by atoms with van der Waals surface area (Å²) in [5.74, 6) is 0.198. The second-order valence-corrected chi connectivity index (χ2v) is 6.25. The first-order valence-corrected chi connectivity index (χ1v) is 7.57. The van der Waals surface area contributed by atoms with Crippen LogP contribution in [0.4, 0.5) is 0 Å². The largest absolute Gasteiger partial charge is 0.392 e. The summed E-state index contributed by atoms with van der Waals surface area (Å²) >= 11 is 0. The van der Waals surface area contributed by atoms with Gasteiger partial charge in [-0.1, -0.05) is 0 Å². The van der Waals surface area contributed by atoms with Crippen LogP contribution >= 0.6 is 0 Å². The van der Waals surface area contributed by atoms with Crippen LogP contribution in [-0.4, -0.2) is 97.3 Å². The first-order chi connectivity index (χ1) is 9.49. The molecule has 3 unspecified atom stereocenters. The number of likely N-dealkylation sites (N-methyl/N-ethyl adjacent to an activating group) is 1. The highest BCUT2D eigenvalue weighted by Crippen LogP contribution is 2.22. The number of nitrogens with zero attached hydrogens (tertiary/aromatic N) is 3. The molecule has 0 spiro atoms. The zero-order valence-electron chi connectivity index (χ0n) is 12.9. The first-order valence-electron chi connectivity index (χ1n) is 7.57. The van der Waals surface area contributed by atoms with E-state index in [-0.39, 0.29) is 24.1 Å². The lowest BCUT2D eigenvalue weighted by Gasteiger charge is -2.36. The number of hydrogen-bond acceptors (Lipinski definition) is 5. The molecule has 0 radical (unpaired) electrons. The van der Waals surface area contributed by atoms with Crippen LogP contribution < -0.4 is 5.32 Å². The monoisotopic (exact) mass is 284 g/mol. The molecule has 6 nitrogen and oxygen atoms in total. The summed E-state index contributed by atoms with van der Waals surface area (Å²) in [6.07, 6.45) is 0.454. The molecule has 116 valence electrons. The maximum absolute atomic E-state index is 12.6. The van der Waals surface area contributed by atoms with Crippen molar-refractivity contribution in [2.75, 3.05) is 53.4 Å². The highest BCUT2D eigenvalue weighted by molar-refractivity contribution is 5.81. The van der Waals surface area contributed by atoms with Crippen LogP contribution in [0.5, 0.6) is 0 Å². The number of piperazine rings is 1. The average Bonchev–Trinajstić information content (AvgIpc) is 2.78. The molecule has 2 aliphatic heterocycles. The summed E-state index contributed by atoms with van der Waals surface area (Å²) in [5, 5.41) is 13.2. The van der Waals surface area contributed by atoms with Gasteiger partial charge in [-0.25, -0.2) is 0 Å². The van der Waals surface area contributed by atoms with Gasteiger partial charge < -0.3 is 20.2 Å². The van der Waals surface area contributed by atoms with Crippen LogP contribution in [0.3, 0.4) is 0 Å². The van der Waals surface area contributed by atoms with Gasteiger partial charge >= 0.3 is 0 Å². The Hall–Kier alpha value is -0.690. The van der Waals surface area contributed by atoms with Gasteiger partial charge in [-0.2, -0.15) is 0 Å². The number of aliphatic hydroxyl groups excluding tert-OH is 1. The third-order valence-electron chi connectivity index (χ3n) is 4.29. The highest BCUT2D eigenvalue weighted by Gasteiger charge is 2.38. The molecule has 0 aliphatic carbocycles. The minimum absolute atomic E-state index is 0.143. The predicted octanol–water partition coefficient (Wildman–Crippen LogP) is -1.20. The molecule has 2 heterocycles. The molecule has 0 bridgehead atoms. The van der Waals surface area contributed by atoms with E-state index in [2.05, 4.69) is 15.1 Å². The fourth-order valence-corrected chi connectivity index (χ4v) is 3.28. The van der Waals surface area contributed by atoms with Gasteiger partial charge in [-0.05, 0) is 27.4 Å². The molecule has 6 heteroatoms. The smallest absolute Gasteiger partial charge is 0.239 e. The molecule has 3 atom stereocenters. The summed E-state index contributed by atoms with van der Waals surface area (Å²) in [6.45, 7) is 6.80. The van der Waals surface area contributed by atoms with E-state index in [9.17, 15) is 9.90 Å². The van der Waals surface area contributed by atoms with Gasteiger partial charge in [0.05, 0.1) is 12.1 Å². The van der Waals surface area contributed by atoms with Gasteiger partial charge in [0.2, 0.25) is 5.91 Å². The molecule has 2 N–H and O–H groups in total. The lowest BCUT2D eigenvalue weighted by Crippen LogP contribution is -2.55. The van der Waals surface area contributed by atoms with Crippen molar-refractivity contribution < 1.29 is 9.90 Å². The molecule has 0 saturated carbocycles. The van der Waals surface area contributed by atoms with Crippen molar-refractivity contribution in [3.8, 4) is 0 Å². The molecule has 20 heavy (non-hydrogen) atoms. The van der Waals surface area contributed by atoms with Gasteiger partial charge in [-0.15, -0.1) is 0 Å².